The first kappa shape index (κ1) is 11.4. The molecular weight excluding hydrogens is 222 g/mol. The van der Waals surface area contributed by atoms with Crippen molar-refractivity contribution in [3.05, 3.63) is 59.2 Å². The number of benzene rings is 2. The fourth-order valence-electron chi connectivity index (χ4n) is 1.81. The Morgan fingerprint density at radius 3 is 1.83 bits per heavy atom. The number of nitriles is 3. The zero-order chi connectivity index (χ0) is 13.0. The van der Waals surface area contributed by atoms with Crippen molar-refractivity contribution < 1.29 is 0 Å². The molecule has 3 heteroatoms. The first-order valence-electron chi connectivity index (χ1n) is 5.24. The van der Waals surface area contributed by atoms with Crippen LogP contribution >= 0.6 is 0 Å². The minimum absolute atomic E-state index is 0.253. The summed E-state index contributed by atoms with van der Waals surface area (Å²) in [5, 5.41) is 27.3. The van der Waals surface area contributed by atoms with Crippen LogP contribution in [0.15, 0.2) is 42.5 Å². The average molecular weight is 229 g/mol. The molecule has 0 aliphatic rings. The van der Waals surface area contributed by atoms with E-state index in [0.29, 0.717) is 11.1 Å². The molecule has 0 atom stereocenters. The first-order valence-corrected chi connectivity index (χ1v) is 5.24. The maximum Gasteiger partial charge on any atom is 0.101 e. The molecule has 0 saturated carbocycles. The van der Waals surface area contributed by atoms with Crippen molar-refractivity contribution in [1.82, 2.24) is 0 Å². The highest BCUT2D eigenvalue weighted by atomic mass is 14.3. The summed E-state index contributed by atoms with van der Waals surface area (Å²) in [6.45, 7) is 0. The maximum absolute atomic E-state index is 9.20. The van der Waals surface area contributed by atoms with Crippen LogP contribution in [0.25, 0.3) is 11.1 Å². The third-order valence-corrected chi connectivity index (χ3v) is 2.62. The Hall–Kier alpha value is -3.09. The second-order valence-electron chi connectivity index (χ2n) is 3.61. The molecule has 18 heavy (non-hydrogen) atoms. The largest absolute Gasteiger partial charge is 0.192 e. The van der Waals surface area contributed by atoms with Gasteiger partial charge in [0.25, 0.3) is 0 Å². The Kier molecular flexibility index (Phi) is 3.06. The summed E-state index contributed by atoms with van der Waals surface area (Å²) in [6.07, 6.45) is 0. The van der Waals surface area contributed by atoms with Gasteiger partial charge in [-0.15, -0.1) is 0 Å². The molecule has 0 N–H and O–H groups in total. The third kappa shape index (κ3) is 1.80. The molecule has 0 saturated heterocycles. The number of nitrogens with zero attached hydrogens (tertiary/aromatic N) is 3. The van der Waals surface area contributed by atoms with E-state index >= 15 is 0 Å². The molecule has 0 amide bonds. The Bertz CT molecular complexity index is 710. The van der Waals surface area contributed by atoms with E-state index in [4.69, 9.17) is 10.5 Å². The SMILES string of the molecule is N#Cc1ccc(C#N)c(-c2ccccc2)c1C#N. The minimum atomic E-state index is 0.253. The lowest BCUT2D eigenvalue weighted by molar-refractivity contribution is 1.40. The summed E-state index contributed by atoms with van der Waals surface area (Å²) >= 11 is 0. The van der Waals surface area contributed by atoms with Gasteiger partial charge in [0.05, 0.1) is 22.8 Å². The molecule has 0 spiro atoms. The highest BCUT2D eigenvalue weighted by molar-refractivity contribution is 5.79. The lowest BCUT2D eigenvalue weighted by Gasteiger charge is -2.07. The van der Waals surface area contributed by atoms with Gasteiger partial charge in [0.2, 0.25) is 0 Å². The molecule has 3 nitrogen and oxygen atoms in total. The predicted molar refractivity (Wildman–Crippen MR) is 66.0 cm³/mol. The van der Waals surface area contributed by atoms with Crippen LogP contribution in [0, 0.1) is 34.0 Å². The fraction of sp³-hybridized carbons (Fsp3) is 0. The Labute approximate surface area is 105 Å². The Balaban J connectivity index is 2.85. The Morgan fingerprint density at radius 1 is 0.667 bits per heavy atom. The van der Waals surface area contributed by atoms with Crippen LogP contribution in [0.5, 0.6) is 0 Å². The van der Waals surface area contributed by atoms with Crippen LogP contribution in [0.2, 0.25) is 0 Å². The standard InChI is InChI=1S/C15H7N3/c16-8-12-6-7-13(9-17)15(14(12)10-18)11-4-2-1-3-5-11/h1-7H. The predicted octanol–water partition coefficient (Wildman–Crippen LogP) is 2.97. The van der Waals surface area contributed by atoms with E-state index in [-0.39, 0.29) is 11.1 Å². The molecule has 0 aromatic heterocycles. The normalized spacial score (nSPS) is 8.94. The van der Waals surface area contributed by atoms with E-state index in [2.05, 4.69) is 6.07 Å². The summed E-state index contributed by atoms with van der Waals surface area (Å²) in [5.41, 5.74) is 2.23. The topological polar surface area (TPSA) is 71.4 Å². The summed E-state index contributed by atoms with van der Waals surface area (Å²) in [5.74, 6) is 0. The fourth-order valence-corrected chi connectivity index (χ4v) is 1.81. The number of hydrogen-bond donors (Lipinski definition) is 0. The zero-order valence-electron chi connectivity index (χ0n) is 9.38. The molecule has 2 aromatic carbocycles. The van der Waals surface area contributed by atoms with Gasteiger partial charge in [0.15, 0.2) is 0 Å². The van der Waals surface area contributed by atoms with Crippen LogP contribution in [-0.2, 0) is 0 Å². The average Bonchev–Trinajstić information content (AvgIpc) is 2.46. The first-order chi connectivity index (χ1) is 8.81. The Morgan fingerprint density at radius 2 is 1.28 bits per heavy atom. The smallest absolute Gasteiger partial charge is 0.101 e. The molecule has 0 radical (unpaired) electrons. The van der Waals surface area contributed by atoms with Crippen LogP contribution in [0.1, 0.15) is 16.7 Å². The van der Waals surface area contributed by atoms with E-state index in [1.165, 1.54) is 6.07 Å². The van der Waals surface area contributed by atoms with Gasteiger partial charge >= 0.3 is 0 Å². The second-order valence-corrected chi connectivity index (χ2v) is 3.61. The summed E-state index contributed by atoms with van der Waals surface area (Å²) in [7, 11) is 0. The lowest BCUT2D eigenvalue weighted by atomic mass is 9.92. The third-order valence-electron chi connectivity index (χ3n) is 2.62. The van der Waals surface area contributed by atoms with Crippen molar-refractivity contribution >= 4 is 0 Å². The van der Waals surface area contributed by atoms with Crippen molar-refractivity contribution in [1.29, 1.82) is 15.8 Å². The van der Waals surface area contributed by atoms with Gasteiger partial charge in [0.1, 0.15) is 12.1 Å². The summed E-state index contributed by atoms with van der Waals surface area (Å²) < 4.78 is 0. The van der Waals surface area contributed by atoms with E-state index in [1.807, 2.05) is 42.5 Å². The zero-order valence-corrected chi connectivity index (χ0v) is 9.38. The van der Waals surface area contributed by atoms with Gasteiger partial charge in [-0.3, -0.25) is 0 Å². The number of hydrogen-bond acceptors (Lipinski definition) is 3. The lowest BCUT2D eigenvalue weighted by Crippen LogP contribution is -1.93. The minimum Gasteiger partial charge on any atom is -0.192 e. The molecule has 0 fully saturated rings. The van der Waals surface area contributed by atoms with Crippen LogP contribution in [0.3, 0.4) is 0 Å². The molecule has 0 aliphatic heterocycles. The quantitative estimate of drug-likeness (QED) is 0.754. The van der Waals surface area contributed by atoms with Gasteiger partial charge in [-0.05, 0) is 17.7 Å². The van der Waals surface area contributed by atoms with Crippen LogP contribution < -0.4 is 0 Å². The summed E-state index contributed by atoms with van der Waals surface area (Å²) in [4.78, 5) is 0. The monoisotopic (exact) mass is 229 g/mol. The molecular formula is C15H7N3. The molecule has 0 heterocycles. The molecule has 0 unspecified atom stereocenters. The number of rotatable bonds is 1. The molecule has 2 rings (SSSR count). The van der Waals surface area contributed by atoms with Crippen molar-refractivity contribution in [2.45, 2.75) is 0 Å². The van der Waals surface area contributed by atoms with Crippen molar-refractivity contribution in [3.63, 3.8) is 0 Å². The highest BCUT2D eigenvalue weighted by Gasteiger charge is 2.14. The van der Waals surface area contributed by atoms with Gasteiger partial charge in [-0.1, -0.05) is 30.3 Å². The molecule has 0 bridgehead atoms. The van der Waals surface area contributed by atoms with E-state index in [9.17, 15) is 5.26 Å². The van der Waals surface area contributed by atoms with E-state index in [0.717, 1.165) is 5.56 Å². The summed E-state index contributed by atoms with van der Waals surface area (Å²) in [6, 6.07) is 18.3. The van der Waals surface area contributed by atoms with Gasteiger partial charge in [0, 0.05) is 5.56 Å². The van der Waals surface area contributed by atoms with Crippen LogP contribution in [0.4, 0.5) is 0 Å². The van der Waals surface area contributed by atoms with Crippen molar-refractivity contribution in [2.75, 3.05) is 0 Å². The molecule has 0 aliphatic carbocycles. The van der Waals surface area contributed by atoms with Gasteiger partial charge < -0.3 is 0 Å². The molecule has 82 valence electrons. The van der Waals surface area contributed by atoms with Crippen molar-refractivity contribution in [2.24, 2.45) is 0 Å². The van der Waals surface area contributed by atoms with Crippen molar-refractivity contribution in [3.8, 4) is 29.3 Å². The van der Waals surface area contributed by atoms with E-state index in [1.54, 1.807) is 6.07 Å². The maximum atomic E-state index is 9.20. The highest BCUT2D eigenvalue weighted by Crippen LogP contribution is 2.29. The van der Waals surface area contributed by atoms with Crippen LogP contribution in [-0.4, -0.2) is 0 Å². The van der Waals surface area contributed by atoms with Gasteiger partial charge in [-0.25, -0.2) is 0 Å². The molecule has 2 aromatic rings. The second kappa shape index (κ2) is 4.83. The van der Waals surface area contributed by atoms with E-state index < -0.39 is 0 Å². The van der Waals surface area contributed by atoms with Gasteiger partial charge in [-0.2, -0.15) is 15.8 Å².